The summed E-state index contributed by atoms with van der Waals surface area (Å²) in [6, 6.07) is 5.76. The Morgan fingerprint density at radius 3 is 2.37 bits per heavy atom. The van der Waals surface area contributed by atoms with E-state index in [1.807, 2.05) is 19.0 Å². The lowest BCUT2D eigenvalue weighted by atomic mass is 10.2. The smallest absolute Gasteiger partial charge is 0.378 e. The molecule has 2 rings (SSSR count). The monoisotopic (exact) mass is 386 g/mol. The second kappa shape index (κ2) is 8.28. The molecule has 1 aromatic carbocycles. The van der Waals surface area contributed by atoms with Crippen molar-refractivity contribution in [1.29, 1.82) is 0 Å². The molecule has 0 aliphatic carbocycles. The average molecular weight is 386 g/mol. The maximum absolute atomic E-state index is 12.6. The third-order valence-corrected chi connectivity index (χ3v) is 4.15. The van der Waals surface area contributed by atoms with Crippen molar-refractivity contribution in [2.75, 3.05) is 37.4 Å². The SMILES string of the molecule is CN(C)c1ccc(NC(=O)CNC(=O)C2CCCN2C(=O)C(F)(F)F)cc1. The molecule has 0 radical (unpaired) electrons. The van der Waals surface area contributed by atoms with Gasteiger partial charge in [-0.2, -0.15) is 13.2 Å². The molecule has 2 N–H and O–H groups in total. The second-order valence-corrected chi connectivity index (χ2v) is 6.36. The number of hydrogen-bond acceptors (Lipinski definition) is 4. The highest BCUT2D eigenvalue weighted by atomic mass is 19.4. The highest BCUT2D eigenvalue weighted by Gasteiger charge is 2.47. The number of nitrogens with zero attached hydrogens (tertiary/aromatic N) is 2. The van der Waals surface area contributed by atoms with Crippen LogP contribution in [0.2, 0.25) is 0 Å². The largest absolute Gasteiger partial charge is 0.471 e. The van der Waals surface area contributed by atoms with Crippen molar-refractivity contribution in [2.24, 2.45) is 0 Å². The fraction of sp³-hybridized carbons (Fsp3) is 0.471. The van der Waals surface area contributed by atoms with E-state index < -0.39 is 36.5 Å². The van der Waals surface area contributed by atoms with Gasteiger partial charge < -0.3 is 20.4 Å². The van der Waals surface area contributed by atoms with Crippen LogP contribution in [0.15, 0.2) is 24.3 Å². The van der Waals surface area contributed by atoms with Gasteiger partial charge >= 0.3 is 12.1 Å². The van der Waals surface area contributed by atoms with Crippen LogP contribution in [0.25, 0.3) is 0 Å². The molecule has 7 nitrogen and oxygen atoms in total. The second-order valence-electron chi connectivity index (χ2n) is 6.36. The predicted octanol–water partition coefficient (Wildman–Crippen LogP) is 1.36. The van der Waals surface area contributed by atoms with Crippen LogP contribution in [-0.2, 0) is 14.4 Å². The maximum atomic E-state index is 12.6. The summed E-state index contributed by atoms with van der Waals surface area (Å²) in [6.07, 6.45) is -4.61. The molecule has 3 amide bonds. The molecule has 1 atom stereocenters. The number of alkyl halides is 3. The van der Waals surface area contributed by atoms with Crippen molar-refractivity contribution in [3.63, 3.8) is 0 Å². The predicted molar refractivity (Wildman–Crippen MR) is 93.2 cm³/mol. The number of halogens is 3. The summed E-state index contributed by atoms with van der Waals surface area (Å²) in [5.41, 5.74) is 1.46. The standard InChI is InChI=1S/C17H21F3N4O3/c1-23(2)12-7-5-11(6-8-12)22-14(25)10-21-15(26)13-4-3-9-24(13)16(27)17(18,19)20/h5-8,13H,3-4,9-10H2,1-2H3,(H,21,26)(H,22,25). The van der Waals surface area contributed by atoms with Gasteiger partial charge in [0.25, 0.3) is 0 Å². The Morgan fingerprint density at radius 2 is 1.81 bits per heavy atom. The molecule has 1 aliphatic heterocycles. The van der Waals surface area contributed by atoms with Crippen LogP contribution >= 0.6 is 0 Å². The van der Waals surface area contributed by atoms with Gasteiger partial charge in [0, 0.05) is 32.0 Å². The third kappa shape index (κ3) is 5.35. The van der Waals surface area contributed by atoms with E-state index in [0.29, 0.717) is 17.0 Å². The number of amides is 3. The zero-order valence-electron chi connectivity index (χ0n) is 15.0. The van der Waals surface area contributed by atoms with E-state index in [4.69, 9.17) is 0 Å². The van der Waals surface area contributed by atoms with Crippen molar-refractivity contribution >= 4 is 29.1 Å². The molecule has 0 bridgehead atoms. The average Bonchev–Trinajstić information content (AvgIpc) is 3.08. The van der Waals surface area contributed by atoms with Gasteiger partial charge in [0.15, 0.2) is 0 Å². The first-order valence-corrected chi connectivity index (χ1v) is 8.32. The Hall–Kier alpha value is -2.78. The molecule has 0 saturated carbocycles. The van der Waals surface area contributed by atoms with E-state index >= 15 is 0 Å². The minimum atomic E-state index is -5.03. The number of carbonyl (C=O) groups excluding carboxylic acids is 3. The molecular formula is C17H21F3N4O3. The van der Waals surface area contributed by atoms with E-state index in [9.17, 15) is 27.6 Å². The number of likely N-dealkylation sites (tertiary alicyclic amines) is 1. The number of anilines is 2. The van der Waals surface area contributed by atoms with Crippen LogP contribution in [-0.4, -0.2) is 62.0 Å². The fourth-order valence-electron chi connectivity index (χ4n) is 2.78. The van der Waals surface area contributed by atoms with E-state index in [0.717, 1.165) is 5.69 Å². The molecule has 1 aromatic rings. The highest BCUT2D eigenvalue weighted by molar-refractivity contribution is 5.96. The Morgan fingerprint density at radius 1 is 1.19 bits per heavy atom. The summed E-state index contributed by atoms with van der Waals surface area (Å²) >= 11 is 0. The molecule has 148 valence electrons. The van der Waals surface area contributed by atoms with Gasteiger partial charge in [-0.3, -0.25) is 14.4 Å². The van der Waals surface area contributed by atoms with Crippen LogP contribution in [0, 0.1) is 0 Å². The van der Waals surface area contributed by atoms with Crippen LogP contribution in [0.3, 0.4) is 0 Å². The summed E-state index contributed by atoms with van der Waals surface area (Å²) in [6.45, 7) is -0.542. The lowest BCUT2D eigenvalue weighted by Gasteiger charge is -2.24. The first kappa shape index (κ1) is 20.5. The molecule has 10 heteroatoms. The molecular weight excluding hydrogens is 365 g/mol. The van der Waals surface area contributed by atoms with Crippen LogP contribution in [0.5, 0.6) is 0 Å². The molecule has 1 unspecified atom stereocenters. The maximum Gasteiger partial charge on any atom is 0.471 e. The minimum absolute atomic E-state index is 0.126. The van der Waals surface area contributed by atoms with Crippen molar-refractivity contribution in [2.45, 2.75) is 25.1 Å². The summed E-state index contributed by atoms with van der Waals surface area (Å²) in [4.78, 5) is 37.8. The Bertz CT molecular complexity index is 704. The first-order chi connectivity index (χ1) is 12.6. The lowest BCUT2D eigenvalue weighted by Crippen LogP contribution is -2.51. The molecule has 0 aromatic heterocycles. The van der Waals surface area contributed by atoms with Crippen LogP contribution < -0.4 is 15.5 Å². The van der Waals surface area contributed by atoms with Crippen molar-refractivity contribution in [1.82, 2.24) is 10.2 Å². The summed E-state index contributed by atoms with van der Waals surface area (Å²) in [7, 11) is 3.75. The van der Waals surface area contributed by atoms with Crippen molar-refractivity contribution in [3.05, 3.63) is 24.3 Å². The van der Waals surface area contributed by atoms with Gasteiger partial charge in [-0.1, -0.05) is 0 Å². The molecule has 1 heterocycles. The number of carbonyl (C=O) groups is 3. The zero-order valence-corrected chi connectivity index (χ0v) is 15.0. The van der Waals surface area contributed by atoms with Gasteiger partial charge in [-0.05, 0) is 37.1 Å². The van der Waals surface area contributed by atoms with E-state index in [2.05, 4.69) is 10.6 Å². The minimum Gasteiger partial charge on any atom is -0.378 e. The van der Waals surface area contributed by atoms with Gasteiger partial charge in [-0.15, -0.1) is 0 Å². The van der Waals surface area contributed by atoms with Crippen LogP contribution in [0.4, 0.5) is 24.5 Å². The summed E-state index contributed by atoms with van der Waals surface area (Å²) < 4.78 is 37.7. The topological polar surface area (TPSA) is 81.8 Å². The van der Waals surface area contributed by atoms with Gasteiger partial charge in [0.2, 0.25) is 11.8 Å². The molecule has 1 fully saturated rings. The van der Waals surface area contributed by atoms with Crippen molar-refractivity contribution < 1.29 is 27.6 Å². The van der Waals surface area contributed by atoms with Crippen molar-refractivity contribution in [3.8, 4) is 0 Å². The molecule has 1 aliphatic rings. The number of rotatable bonds is 5. The number of nitrogens with one attached hydrogen (secondary N) is 2. The Labute approximate surface area is 154 Å². The van der Waals surface area contributed by atoms with E-state index in [-0.39, 0.29) is 13.0 Å². The van der Waals surface area contributed by atoms with E-state index in [1.165, 1.54) is 0 Å². The summed E-state index contributed by atoms with van der Waals surface area (Å²) in [5.74, 6) is -3.33. The quantitative estimate of drug-likeness (QED) is 0.801. The number of hydrogen-bond donors (Lipinski definition) is 2. The lowest BCUT2D eigenvalue weighted by molar-refractivity contribution is -0.186. The van der Waals surface area contributed by atoms with Gasteiger partial charge in [0.1, 0.15) is 6.04 Å². The fourth-order valence-corrected chi connectivity index (χ4v) is 2.78. The first-order valence-electron chi connectivity index (χ1n) is 8.32. The van der Waals surface area contributed by atoms with Gasteiger partial charge in [0.05, 0.1) is 6.54 Å². The zero-order chi connectivity index (χ0) is 20.2. The molecule has 1 saturated heterocycles. The summed E-state index contributed by atoms with van der Waals surface area (Å²) in [5, 5.41) is 4.87. The highest BCUT2D eigenvalue weighted by Crippen LogP contribution is 2.25. The Kier molecular flexibility index (Phi) is 6.29. The molecule has 0 spiro atoms. The number of benzene rings is 1. The van der Waals surface area contributed by atoms with Crippen LogP contribution in [0.1, 0.15) is 12.8 Å². The van der Waals surface area contributed by atoms with Gasteiger partial charge in [-0.25, -0.2) is 0 Å². The van der Waals surface area contributed by atoms with E-state index in [1.54, 1.807) is 24.3 Å². The normalized spacial score (nSPS) is 16.8. The molecule has 27 heavy (non-hydrogen) atoms. The third-order valence-electron chi connectivity index (χ3n) is 4.15. The Balaban J connectivity index is 1.87.